The van der Waals surface area contributed by atoms with Gasteiger partial charge in [-0.3, -0.25) is 9.59 Å². The summed E-state index contributed by atoms with van der Waals surface area (Å²) in [4.78, 5) is 27.7. The third kappa shape index (κ3) is 9.18. The van der Waals surface area contributed by atoms with Crippen molar-refractivity contribution in [2.45, 2.75) is 37.8 Å². The molecule has 1 saturated heterocycles. The molecule has 10 nitrogen and oxygen atoms in total. The lowest BCUT2D eigenvalue weighted by atomic mass is 10.1. The summed E-state index contributed by atoms with van der Waals surface area (Å²) < 4.78 is 43.3. The van der Waals surface area contributed by atoms with Crippen LogP contribution < -0.4 is 10.1 Å². The summed E-state index contributed by atoms with van der Waals surface area (Å²) in [6, 6.07) is 12.2. The summed E-state index contributed by atoms with van der Waals surface area (Å²) in [6.45, 7) is 6.34. The zero-order chi connectivity index (χ0) is 28.3. The standard InChI is InChI=1S/C27H36ClN3O7S/c1-3-36-16-4-13-29-27(33)21(2)31(19-22-5-7-23(28)8-6-22)26(32)20-38-24-9-11-25(12-10-24)39(34,35)30-14-17-37-18-15-30/h5-12,21H,3-4,13-20H2,1-2H3,(H,29,33)/t21-/m0/s1. The number of sulfonamides is 1. The van der Waals surface area contributed by atoms with E-state index < -0.39 is 22.0 Å². The molecule has 1 fully saturated rings. The van der Waals surface area contributed by atoms with Crippen molar-refractivity contribution in [2.24, 2.45) is 0 Å². The SMILES string of the molecule is CCOCCCNC(=O)[C@H](C)N(Cc1ccc(Cl)cc1)C(=O)COc1ccc(S(=O)(=O)N2CCOCC2)cc1. The molecular formula is C27H36ClN3O7S. The Hall–Kier alpha value is -2.70. The Bertz CT molecular complexity index is 1170. The van der Waals surface area contributed by atoms with Gasteiger partial charge in [0.1, 0.15) is 11.8 Å². The highest BCUT2D eigenvalue weighted by Gasteiger charge is 2.28. The fourth-order valence-electron chi connectivity index (χ4n) is 3.92. The van der Waals surface area contributed by atoms with E-state index in [-0.39, 0.29) is 24.0 Å². The van der Waals surface area contributed by atoms with Gasteiger partial charge in [0.2, 0.25) is 15.9 Å². The van der Waals surface area contributed by atoms with Crippen LogP contribution in [0.1, 0.15) is 25.8 Å². The highest BCUT2D eigenvalue weighted by Crippen LogP contribution is 2.21. The van der Waals surface area contributed by atoms with Crippen LogP contribution in [0.4, 0.5) is 0 Å². The maximum atomic E-state index is 13.2. The van der Waals surface area contributed by atoms with E-state index in [9.17, 15) is 18.0 Å². The van der Waals surface area contributed by atoms with E-state index in [4.69, 9.17) is 25.8 Å². The Kier molecular flexibility index (Phi) is 12.0. The first-order valence-corrected chi connectivity index (χ1v) is 14.7. The first-order valence-electron chi connectivity index (χ1n) is 12.9. The molecule has 1 atom stereocenters. The zero-order valence-corrected chi connectivity index (χ0v) is 23.9. The highest BCUT2D eigenvalue weighted by atomic mass is 35.5. The lowest BCUT2D eigenvalue weighted by Crippen LogP contribution is -2.49. The lowest BCUT2D eigenvalue weighted by Gasteiger charge is -2.29. The number of ether oxygens (including phenoxy) is 3. The molecule has 1 heterocycles. The number of amides is 2. The molecular weight excluding hydrogens is 546 g/mol. The van der Waals surface area contributed by atoms with Crippen molar-refractivity contribution >= 4 is 33.4 Å². The molecule has 0 unspecified atom stereocenters. The summed E-state index contributed by atoms with van der Waals surface area (Å²) in [5.74, 6) is -0.345. The number of hydrogen-bond acceptors (Lipinski definition) is 7. The lowest BCUT2D eigenvalue weighted by molar-refractivity contribution is -0.142. The summed E-state index contributed by atoms with van der Waals surface area (Å²) in [5.41, 5.74) is 0.807. The molecule has 0 aromatic heterocycles. The monoisotopic (exact) mass is 581 g/mol. The molecule has 2 amide bonds. The van der Waals surface area contributed by atoms with Gasteiger partial charge in [0.15, 0.2) is 6.61 Å². The third-order valence-electron chi connectivity index (χ3n) is 6.20. The Morgan fingerprint density at radius 1 is 1.10 bits per heavy atom. The molecule has 2 aromatic rings. The van der Waals surface area contributed by atoms with Crippen LogP contribution in [0.25, 0.3) is 0 Å². The average molecular weight is 582 g/mol. The van der Waals surface area contributed by atoms with Crippen LogP contribution in [-0.4, -0.2) is 88.1 Å². The van der Waals surface area contributed by atoms with Crippen molar-refractivity contribution in [1.82, 2.24) is 14.5 Å². The van der Waals surface area contributed by atoms with Crippen molar-refractivity contribution in [1.29, 1.82) is 0 Å². The molecule has 0 spiro atoms. The van der Waals surface area contributed by atoms with E-state index in [2.05, 4.69) is 5.32 Å². The second-order valence-electron chi connectivity index (χ2n) is 8.94. The van der Waals surface area contributed by atoms with Gasteiger partial charge in [0.25, 0.3) is 5.91 Å². The summed E-state index contributed by atoms with van der Waals surface area (Å²) in [5, 5.41) is 3.42. The van der Waals surface area contributed by atoms with Crippen LogP contribution >= 0.6 is 11.6 Å². The van der Waals surface area contributed by atoms with Crippen LogP contribution in [0.5, 0.6) is 5.75 Å². The van der Waals surface area contributed by atoms with Gasteiger partial charge in [-0.2, -0.15) is 4.31 Å². The first-order chi connectivity index (χ1) is 18.7. The summed E-state index contributed by atoms with van der Waals surface area (Å²) >= 11 is 6.00. The van der Waals surface area contributed by atoms with Gasteiger partial charge >= 0.3 is 0 Å². The van der Waals surface area contributed by atoms with Gasteiger partial charge in [0, 0.05) is 44.4 Å². The van der Waals surface area contributed by atoms with Crippen LogP contribution in [-0.2, 0) is 35.6 Å². The number of carbonyl (C=O) groups is 2. The number of nitrogens with zero attached hydrogens (tertiary/aromatic N) is 2. The van der Waals surface area contributed by atoms with Gasteiger partial charge in [-0.15, -0.1) is 0 Å². The van der Waals surface area contributed by atoms with E-state index in [0.29, 0.717) is 63.3 Å². The third-order valence-corrected chi connectivity index (χ3v) is 8.36. The maximum Gasteiger partial charge on any atom is 0.261 e. The summed E-state index contributed by atoms with van der Waals surface area (Å²) in [6.07, 6.45) is 0.664. The number of nitrogens with one attached hydrogen (secondary N) is 1. The van der Waals surface area contributed by atoms with Crippen molar-refractivity contribution in [3.8, 4) is 5.75 Å². The number of hydrogen-bond donors (Lipinski definition) is 1. The predicted molar refractivity (Wildman–Crippen MR) is 147 cm³/mol. The highest BCUT2D eigenvalue weighted by molar-refractivity contribution is 7.89. The molecule has 1 aliphatic rings. The van der Waals surface area contributed by atoms with Crippen molar-refractivity contribution in [2.75, 3.05) is 52.7 Å². The molecule has 214 valence electrons. The van der Waals surface area contributed by atoms with Gasteiger partial charge in [0.05, 0.1) is 18.1 Å². The molecule has 0 radical (unpaired) electrons. The Balaban J connectivity index is 1.64. The number of benzene rings is 2. The Labute approximate surface area is 235 Å². The van der Waals surface area contributed by atoms with Gasteiger partial charge in [-0.25, -0.2) is 8.42 Å². The van der Waals surface area contributed by atoms with Crippen molar-refractivity contribution in [3.05, 3.63) is 59.1 Å². The average Bonchev–Trinajstić information content (AvgIpc) is 2.95. The minimum Gasteiger partial charge on any atom is -0.484 e. The van der Waals surface area contributed by atoms with Crippen LogP contribution in [0.3, 0.4) is 0 Å². The van der Waals surface area contributed by atoms with Gasteiger partial charge < -0.3 is 24.4 Å². The van der Waals surface area contributed by atoms with Gasteiger partial charge in [-0.05, 0) is 62.2 Å². The van der Waals surface area contributed by atoms with E-state index in [1.54, 1.807) is 31.2 Å². The van der Waals surface area contributed by atoms with E-state index in [0.717, 1.165) is 5.56 Å². The fraction of sp³-hybridized carbons (Fsp3) is 0.481. The zero-order valence-electron chi connectivity index (χ0n) is 22.3. The quantitative estimate of drug-likeness (QED) is 0.341. The number of carbonyl (C=O) groups excluding carboxylic acids is 2. The van der Waals surface area contributed by atoms with E-state index in [1.165, 1.54) is 33.5 Å². The topological polar surface area (TPSA) is 114 Å². The molecule has 39 heavy (non-hydrogen) atoms. The smallest absolute Gasteiger partial charge is 0.261 e. The predicted octanol–water partition coefficient (Wildman–Crippen LogP) is 2.70. The molecule has 12 heteroatoms. The molecule has 0 aliphatic carbocycles. The second kappa shape index (κ2) is 15.2. The second-order valence-corrected chi connectivity index (χ2v) is 11.3. The minimum absolute atomic E-state index is 0.141. The van der Waals surface area contributed by atoms with Crippen LogP contribution in [0.15, 0.2) is 53.4 Å². The molecule has 3 rings (SSSR count). The van der Waals surface area contributed by atoms with Gasteiger partial charge in [-0.1, -0.05) is 23.7 Å². The molecule has 2 aromatic carbocycles. The molecule has 0 saturated carbocycles. The molecule has 1 aliphatic heterocycles. The number of rotatable bonds is 14. The van der Waals surface area contributed by atoms with E-state index in [1.807, 2.05) is 6.92 Å². The Morgan fingerprint density at radius 3 is 2.41 bits per heavy atom. The Morgan fingerprint density at radius 2 is 1.77 bits per heavy atom. The van der Waals surface area contributed by atoms with Crippen molar-refractivity contribution in [3.63, 3.8) is 0 Å². The number of morpholine rings is 1. The normalized spacial score (nSPS) is 14.9. The maximum absolute atomic E-state index is 13.2. The number of halogens is 1. The minimum atomic E-state index is -3.63. The molecule has 1 N–H and O–H groups in total. The summed E-state index contributed by atoms with van der Waals surface area (Å²) in [7, 11) is -3.63. The van der Waals surface area contributed by atoms with Crippen LogP contribution in [0, 0.1) is 0 Å². The first kappa shape index (κ1) is 30.8. The fourth-order valence-corrected chi connectivity index (χ4v) is 5.45. The van der Waals surface area contributed by atoms with Crippen LogP contribution in [0.2, 0.25) is 5.02 Å². The largest absolute Gasteiger partial charge is 0.484 e. The van der Waals surface area contributed by atoms with E-state index >= 15 is 0 Å². The molecule has 0 bridgehead atoms. The van der Waals surface area contributed by atoms with Crippen molar-refractivity contribution < 1.29 is 32.2 Å².